The minimum atomic E-state index is -0.604. The molecule has 0 spiro atoms. The van der Waals surface area contributed by atoms with Crippen LogP contribution in [0.4, 0.5) is 5.69 Å². The Bertz CT molecular complexity index is 834. The fourth-order valence-corrected chi connectivity index (χ4v) is 6.32. The number of fused-ring (bicyclic) bond motifs is 4. The van der Waals surface area contributed by atoms with Gasteiger partial charge in [-0.15, -0.1) is 0 Å². The van der Waals surface area contributed by atoms with Crippen LogP contribution < -0.4 is 5.43 Å². The number of anilines is 1. The predicted molar refractivity (Wildman–Crippen MR) is 114 cm³/mol. The van der Waals surface area contributed by atoms with Crippen molar-refractivity contribution >= 4 is 11.4 Å². The molecule has 0 heterocycles. The summed E-state index contributed by atoms with van der Waals surface area (Å²) in [7, 11) is 0. The van der Waals surface area contributed by atoms with Gasteiger partial charge in [0.1, 0.15) is 0 Å². The van der Waals surface area contributed by atoms with Crippen LogP contribution in [0.1, 0.15) is 56.4 Å². The van der Waals surface area contributed by atoms with Gasteiger partial charge in [0, 0.05) is 17.5 Å². The van der Waals surface area contributed by atoms with Crippen LogP contribution in [0.15, 0.2) is 65.8 Å². The van der Waals surface area contributed by atoms with Crippen LogP contribution in [0.3, 0.4) is 0 Å². The summed E-state index contributed by atoms with van der Waals surface area (Å²) >= 11 is 0. The summed E-state index contributed by atoms with van der Waals surface area (Å²) in [4.78, 5) is 0. The van der Waals surface area contributed by atoms with Crippen LogP contribution in [-0.2, 0) is 0 Å². The number of nitrogens with zero attached hydrogens (tertiary/aromatic N) is 1. The molecule has 2 aromatic rings. The Kier molecular flexibility index (Phi) is 4.72. The Labute approximate surface area is 167 Å². The van der Waals surface area contributed by atoms with Gasteiger partial charge in [0.05, 0.1) is 11.3 Å². The quantitative estimate of drug-likeness (QED) is 0.688. The highest BCUT2D eigenvalue weighted by molar-refractivity contribution is 5.93. The maximum absolute atomic E-state index is 12.0. The highest BCUT2D eigenvalue weighted by atomic mass is 16.3. The van der Waals surface area contributed by atoms with E-state index in [-0.39, 0.29) is 5.92 Å². The number of hydrogen-bond acceptors (Lipinski definition) is 3. The molecule has 0 unspecified atom stereocenters. The van der Waals surface area contributed by atoms with E-state index in [1.165, 1.54) is 30.5 Å². The normalized spacial score (nSPS) is 36.0. The predicted octanol–water partition coefficient (Wildman–Crippen LogP) is 5.59. The molecule has 0 saturated heterocycles. The van der Waals surface area contributed by atoms with Crippen molar-refractivity contribution in [1.82, 2.24) is 0 Å². The summed E-state index contributed by atoms with van der Waals surface area (Å²) in [5.41, 5.74) is 6.31. The molecule has 0 aromatic heterocycles. The molecule has 2 N–H and O–H groups in total. The standard InChI is InChI=1S/C25H30N2O/c28-25-17-8-7-15-21(25)23(18-10-3-1-4-11-18)20-14-9-16-22(25)24(20)27-26-19-12-5-2-6-13-19/h1-6,10-13,20-23,26,28H,7-9,14-17H2/b27-24-/t20-,21+,22+,23+,25+/m1/s1. The molecule has 5 rings (SSSR count). The van der Waals surface area contributed by atoms with E-state index < -0.39 is 5.60 Å². The smallest absolute Gasteiger partial charge is 0.0762 e. The lowest BCUT2D eigenvalue weighted by atomic mass is 9.49. The Hall–Kier alpha value is -2.13. The lowest BCUT2D eigenvalue weighted by molar-refractivity contribution is -0.110. The first-order valence-electron chi connectivity index (χ1n) is 10.9. The van der Waals surface area contributed by atoms with Crippen LogP contribution in [0.2, 0.25) is 0 Å². The first-order chi connectivity index (χ1) is 13.8. The molecule has 0 radical (unpaired) electrons. The zero-order valence-electron chi connectivity index (χ0n) is 16.4. The van der Waals surface area contributed by atoms with Gasteiger partial charge in [-0.1, -0.05) is 67.8 Å². The number of hydrogen-bond donors (Lipinski definition) is 2. The van der Waals surface area contributed by atoms with Crippen LogP contribution in [0.25, 0.3) is 0 Å². The van der Waals surface area contributed by atoms with E-state index in [9.17, 15) is 5.11 Å². The highest BCUT2D eigenvalue weighted by Gasteiger charge is 2.58. The molecule has 3 nitrogen and oxygen atoms in total. The molecule has 3 aliphatic rings. The molecule has 0 aliphatic heterocycles. The first kappa shape index (κ1) is 17.9. The van der Waals surface area contributed by atoms with Crippen LogP contribution in [0, 0.1) is 17.8 Å². The maximum Gasteiger partial charge on any atom is 0.0762 e. The topological polar surface area (TPSA) is 44.6 Å². The van der Waals surface area contributed by atoms with Gasteiger partial charge in [0.15, 0.2) is 0 Å². The summed E-state index contributed by atoms with van der Waals surface area (Å²) in [6.45, 7) is 0. The molecule has 5 atom stereocenters. The van der Waals surface area contributed by atoms with Crippen molar-refractivity contribution in [3.8, 4) is 0 Å². The summed E-state index contributed by atoms with van der Waals surface area (Å²) in [6, 6.07) is 21.1. The second-order valence-corrected chi connectivity index (χ2v) is 8.88. The molecule has 3 aliphatic carbocycles. The number of benzene rings is 2. The number of nitrogens with one attached hydrogen (secondary N) is 1. The Morgan fingerprint density at radius 2 is 1.61 bits per heavy atom. The third kappa shape index (κ3) is 2.97. The molecule has 146 valence electrons. The van der Waals surface area contributed by atoms with Crippen LogP contribution in [0.5, 0.6) is 0 Å². The fraction of sp³-hybridized carbons (Fsp3) is 0.480. The lowest BCUT2D eigenvalue weighted by Crippen LogP contribution is -2.60. The van der Waals surface area contributed by atoms with Crippen molar-refractivity contribution in [3.05, 3.63) is 66.2 Å². The fourth-order valence-electron chi connectivity index (χ4n) is 6.32. The molecule has 3 saturated carbocycles. The van der Waals surface area contributed by atoms with Crippen molar-refractivity contribution < 1.29 is 5.11 Å². The van der Waals surface area contributed by atoms with Crippen molar-refractivity contribution in [1.29, 1.82) is 0 Å². The van der Waals surface area contributed by atoms with Crippen molar-refractivity contribution in [2.75, 3.05) is 5.43 Å². The summed E-state index contributed by atoms with van der Waals surface area (Å²) in [5.74, 6) is 1.36. The van der Waals surface area contributed by atoms with E-state index in [2.05, 4.69) is 47.9 Å². The molecule has 2 aromatic carbocycles. The van der Waals surface area contributed by atoms with E-state index in [0.717, 1.165) is 31.4 Å². The summed E-state index contributed by atoms with van der Waals surface area (Å²) < 4.78 is 0. The number of aliphatic hydroxyl groups is 1. The average molecular weight is 375 g/mol. The van der Waals surface area contributed by atoms with Crippen LogP contribution >= 0.6 is 0 Å². The van der Waals surface area contributed by atoms with Gasteiger partial charge in [0.2, 0.25) is 0 Å². The SMILES string of the molecule is O[C@@]12CCCC[C@H]1[C@@H](c1ccccc1)[C@H]1CCC[C@H]2/C1=N\Nc1ccccc1. The van der Waals surface area contributed by atoms with Gasteiger partial charge in [0.25, 0.3) is 0 Å². The van der Waals surface area contributed by atoms with Gasteiger partial charge in [-0.25, -0.2) is 0 Å². The Morgan fingerprint density at radius 1 is 0.857 bits per heavy atom. The summed E-state index contributed by atoms with van der Waals surface area (Å²) in [5, 5.41) is 16.9. The van der Waals surface area contributed by atoms with Crippen molar-refractivity contribution in [2.24, 2.45) is 22.9 Å². The highest BCUT2D eigenvalue weighted by Crippen LogP contribution is 2.58. The van der Waals surface area contributed by atoms with E-state index in [1.54, 1.807) is 0 Å². The van der Waals surface area contributed by atoms with Gasteiger partial charge in [-0.2, -0.15) is 5.10 Å². The first-order valence-corrected chi connectivity index (χ1v) is 10.9. The molecule has 0 amide bonds. The van der Waals surface area contributed by atoms with Gasteiger partial charge < -0.3 is 5.11 Å². The minimum absolute atomic E-state index is 0.202. The van der Waals surface area contributed by atoms with Gasteiger partial charge >= 0.3 is 0 Å². The van der Waals surface area contributed by atoms with Gasteiger partial charge in [-0.05, 0) is 55.2 Å². The average Bonchev–Trinajstić information content (AvgIpc) is 2.75. The lowest BCUT2D eigenvalue weighted by Gasteiger charge is -2.57. The second kappa shape index (κ2) is 7.36. The van der Waals surface area contributed by atoms with E-state index >= 15 is 0 Å². The number of para-hydroxylation sites is 1. The third-order valence-corrected chi connectivity index (χ3v) is 7.47. The molecular weight excluding hydrogens is 344 g/mol. The molecule has 3 fully saturated rings. The molecular formula is C25H30N2O. The zero-order chi connectivity index (χ0) is 19.0. The Balaban J connectivity index is 1.57. The summed E-state index contributed by atoms with van der Waals surface area (Å²) in [6.07, 6.45) is 7.88. The Morgan fingerprint density at radius 3 is 2.39 bits per heavy atom. The van der Waals surface area contributed by atoms with Crippen molar-refractivity contribution in [2.45, 2.75) is 56.5 Å². The third-order valence-electron chi connectivity index (χ3n) is 7.47. The second-order valence-electron chi connectivity index (χ2n) is 8.88. The molecule has 2 bridgehead atoms. The van der Waals surface area contributed by atoms with E-state index in [4.69, 9.17) is 5.10 Å². The number of rotatable bonds is 3. The minimum Gasteiger partial charge on any atom is -0.389 e. The monoisotopic (exact) mass is 374 g/mol. The zero-order valence-corrected chi connectivity index (χ0v) is 16.4. The largest absolute Gasteiger partial charge is 0.389 e. The van der Waals surface area contributed by atoms with E-state index in [0.29, 0.717) is 17.8 Å². The van der Waals surface area contributed by atoms with E-state index in [1.807, 2.05) is 18.2 Å². The molecule has 28 heavy (non-hydrogen) atoms. The number of hydrazone groups is 1. The van der Waals surface area contributed by atoms with Crippen molar-refractivity contribution in [3.63, 3.8) is 0 Å². The van der Waals surface area contributed by atoms with Gasteiger partial charge in [-0.3, -0.25) is 5.43 Å². The van der Waals surface area contributed by atoms with Crippen LogP contribution in [-0.4, -0.2) is 16.4 Å². The molecule has 3 heteroatoms. The maximum atomic E-state index is 12.0.